The highest BCUT2D eigenvalue weighted by Gasteiger charge is 2.45. The van der Waals surface area contributed by atoms with Crippen LogP contribution in [0.4, 0.5) is 0 Å². The molecule has 1 aliphatic carbocycles. The SMILES string of the molecule is C=Cc1c(C)c2cc3nc(c4c5[nH]c(cc6nc(cc1[nH]2)C(C)=C6CC)c(C)c5C(=O)C4C(=O)OC)[C@@H](CCC(=O)OC/C=C(\C)CCC[C@H](C)CCCC(C)CCCC(C)C)C3C. The number of ketones is 1. The zero-order chi connectivity index (χ0) is 46.4. The molecule has 64 heavy (non-hydrogen) atoms. The number of nitrogens with one attached hydrogen (secondary N) is 2. The monoisotopic (exact) mass is 871 g/mol. The van der Waals surface area contributed by atoms with Gasteiger partial charge in [0.25, 0.3) is 0 Å². The number of nitrogens with zero attached hydrogens (tertiary/aromatic N) is 2. The van der Waals surface area contributed by atoms with Gasteiger partial charge in [-0.05, 0) is 118 Å². The van der Waals surface area contributed by atoms with Crippen LogP contribution < -0.4 is 0 Å². The first-order valence-electron chi connectivity index (χ1n) is 24.1. The molecular formula is C55H74N4O5. The zero-order valence-electron chi connectivity index (χ0n) is 40.7. The summed E-state index contributed by atoms with van der Waals surface area (Å²) in [6, 6.07) is 6.14. The number of aryl methyl sites for hydroxylation is 2. The van der Waals surface area contributed by atoms with Gasteiger partial charge in [-0.25, -0.2) is 4.98 Å². The Hall–Kier alpha value is -5.05. The first-order chi connectivity index (χ1) is 30.6. The maximum absolute atomic E-state index is 14.4. The number of fused-ring (bicyclic) bond motifs is 8. The fraction of sp³-hybridized carbons (Fsp3) is 0.545. The summed E-state index contributed by atoms with van der Waals surface area (Å²) in [6.07, 6.45) is 16.6. The molecule has 0 amide bonds. The van der Waals surface area contributed by atoms with Crippen LogP contribution in [0.5, 0.6) is 0 Å². The molecule has 0 radical (unpaired) electrons. The molecule has 0 aromatic carbocycles. The minimum Gasteiger partial charge on any atom is -0.468 e. The molecule has 3 unspecified atom stereocenters. The van der Waals surface area contributed by atoms with Crippen molar-refractivity contribution in [2.45, 2.75) is 164 Å². The van der Waals surface area contributed by atoms with Crippen molar-refractivity contribution in [2.75, 3.05) is 13.7 Å². The minimum absolute atomic E-state index is 0.149. The molecule has 0 spiro atoms. The average molecular weight is 871 g/mol. The zero-order valence-corrected chi connectivity index (χ0v) is 40.7. The van der Waals surface area contributed by atoms with E-state index in [0.29, 0.717) is 28.8 Å². The number of rotatable bonds is 20. The lowest BCUT2D eigenvalue weighted by atomic mass is 9.84. The summed E-state index contributed by atoms with van der Waals surface area (Å²) in [6.45, 7) is 26.2. The van der Waals surface area contributed by atoms with Gasteiger partial charge in [0.15, 0.2) is 5.78 Å². The standard InChI is InChI=1S/C55H74N4O5/c1-13-39-35(8)42-28-44-37(10)41(24-25-48(60)64-27-26-34(7)23-17-22-33(6)21-16-20-32(5)19-15-18-31(3)4)52(58-44)50-51(55(62)63-12)54(61)49-38(11)45(59-53(49)50)30-47-40(14-2)36(9)43(57-47)29-46(39)56-42/h13,26,28-33,37,41,51,56,59H,1,14-25,27H2,2-12H3/b34-26+,42-28?,43-29?,44-28?,45-30?,46-29?,47-30?,52-50?/t32?,33-,37?,41+,51?/m1/s1. The lowest BCUT2D eigenvalue weighted by Gasteiger charge is -2.18. The number of carbonyl (C=O) groups excluding carboxylic acids is 3. The summed E-state index contributed by atoms with van der Waals surface area (Å²) in [5.74, 6) is -0.519. The highest BCUT2D eigenvalue weighted by molar-refractivity contribution is 6.23. The number of aromatic nitrogens is 4. The van der Waals surface area contributed by atoms with Gasteiger partial charge in [-0.2, -0.15) is 0 Å². The number of hydrogen-bond acceptors (Lipinski definition) is 7. The molecule has 3 aromatic heterocycles. The number of ether oxygens (including phenoxy) is 2. The van der Waals surface area contributed by atoms with E-state index in [1.807, 2.05) is 25.1 Å². The predicted octanol–water partition coefficient (Wildman–Crippen LogP) is 14.0. The smallest absolute Gasteiger partial charge is 0.321 e. The number of aromatic amines is 2. The van der Waals surface area contributed by atoms with Crippen molar-refractivity contribution in [2.24, 2.45) is 17.8 Å². The minimum atomic E-state index is -1.18. The van der Waals surface area contributed by atoms with Crippen molar-refractivity contribution >= 4 is 57.0 Å². The second-order valence-corrected chi connectivity index (χ2v) is 19.6. The van der Waals surface area contributed by atoms with Gasteiger partial charge < -0.3 is 19.4 Å². The Morgan fingerprint density at radius 1 is 0.859 bits per heavy atom. The van der Waals surface area contributed by atoms with E-state index < -0.39 is 11.9 Å². The molecule has 344 valence electrons. The van der Waals surface area contributed by atoms with Gasteiger partial charge >= 0.3 is 11.9 Å². The summed E-state index contributed by atoms with van der Waals surface area (Å²) in [4.78, 5) is 59.0. The molecule has 3 aliphatic rings. The van der Waals surface area contributed by atoms with E-state index in [9.17, 15) is 14.4 Å². The van der Waals surface area contributed by atoms with Crippen molar-refractivity contribution in [3.8, 4) is 0 Å². The number of allylic oxidation sites excluding steroid dienone is 3. The maximum atomic E-state index is 14.4. The molecule has 2 N–H and O–H groups in total. The molecule has 9 nitrogen and oxygen atoms in total. The molecule has 8 bridgehead atoms. The van der Waals surface area contributed by atoms with Crippen molar-refractivity contribution in [3.63, 3.8) is 0 Å². The number of H-pyrrole nitrogens is 2. The number of esters is 2. The van der Waals surface area contributed by atoms with Gasteiger partial charge in [0.1, 0.15) is 12.5 Å². The largest absolute Gasteiger partial charge is 0.468 e. The van der Waals surface area contributed by atoms with Crippen molar-refractivity contribution in [1.29, 1.82) is 0 Å². The second kappa shape index (κ2) is 21.3. The van der Waals surface area contributed by atoms with Gasteiger partial charge in [0.2, 0.25) is 0 Å². The molecule has 2 aliphatic heterocycles. The van der Waals surface area contributed by atoms with Crippen LogP contribution >= 0.6 is 0 Å². The normalized spacial score (nSPS) is 18.2. The van der Waals surface area contributed by atoms with E-state index in [0.717, 1.165) is 98.5 Å². The van der Waals surface area contributed by atoms with Gasteiger partial charge in [0, 0.05) is 57.2 Å². The molecule has 5 heterocycles. The van der Waals surface area contributed by atoms with E-state index in [-0.39, 0.29) is 36.6 Å². The van der Waals surface area contributed by atoms with Crippen LogP contribution in [0, 0.1) is 31.6 Å². The Kier molecular flexibility index (Phi) is 16.1. The molecule has 5 atom stereocenters. The molecule has 0 fully saturated rings. The van der Waals surface area contributed by atoms with E-state index in [4.69, 9.17) is 19.4 Å². The van der Waals surface area contributed by atoms with Gasteiger partial charge in [-0.3, -0.25) is 19.4 Å². The van der Waals surface area contributed by atoms with Crippen LogP contribution in [-0.4, -0.2) is 51.4 Å². The van der Waals surface area contributed by atoms with Crippen LogP contribution in [0.15, 0.2) is 36.4 Å². The Morgan fingerprint density at radius 2 is 1.52 bits per heavy atom. The summed E-state index contributed by atoms with van der Waals surface area (Å²) in [7, 11) is 1.31. The summed E-state index contributed by atoms with van der Waals surface area (Å²) in [5.41, 5.74) is 13.4. The molecule has 0 saturated carbocycles. The van der Waals surface area contributed by atoms with Gasteiger partial charge in [-0.1, -0.05) is 105 Å². The summed E-state index contributed by atoms with van der Waals surface area (Å²) in [5, 5.41) is 0. The quantitative estimate of drug-likeness (QED) is 0.0657. The van der Waals surface area contributed by atoms with Crippen LogP contribution in [0.2, 0.25) is 0 Å². The van der Waals surface area contributed by atoms with Crippen LogP contribution in [0.3, 0.4) is 0 Å². The Morgan fingerprint density at radius 3 is 2.17 bits per heavy atom. The lowest BCUT2D eigenvalue weighted by molar-refractivity contribution is -0.143. The molecular weight excluding hydrogens is 797 g/mol. The van der Waals surface area contributed by atoms with Crippen molar-refractivity contribution in [3.05, 3.63) is 87.0 Å². The topological polar surface area (TPSA) is 127 Å². The number of hydrogen-bond donors (Lipinski definition) is 2. The average Bonchev–Trinajstić information content (AvgIpc) is 3.99. The molecule has 3 aromatic rings. The predicted molar refractivity (Wildman–Crippen MR) is 262 cm³/mol. The van der Waals surface area contributed by atoms with Gasteiger partial charge in [-0.15, -0.1) is 0 Å². The third kappa shape index (κ3) is 10.6. The highest BCUT2D eigenvalue weighted by atomic mass is 16.5. The van der Waals surface area contributed by atoms with Crippen molar-refractivity contribution < 1.29 is 23.9 Å². The Balaban J connectivity index is 1.24. The third-order valence-electron chi connectivity index (χ3n) is 14.4. The Bertz CT molecular complexity index is 2480. The fourth-order valence-corrected chi connectivity index (χ4v) is 10.2. The number of methoxy groups -OCH3 is 1. The van der Waals surface area contributed by atoms with Gasteiger partial charge in [0.05, 0.1) is 29.7 Å². The maximum Gasteiger partial charge on any atom is 0.321 e. The van der Waals surface area contributed by atoms with E-state index in [1.165, 1.54) is 57.6 Å². The Labute approximate surface area is 382 Å². The second-order valence-electron chi connectivity index (χ2n) is 19.6. The first kappa shape index (κ1) is 48.4. The fourth-order valence-electron chi connectivity index (χ4n) is 10.2. The first-order valence-corrected chi connectivity index (χ1v) is 24.1. The van der Waals surface area contributed by atoms with E-state index >= 15 is 0 Å². The van der Waals surface area contributed by atoms with Crippen molar-refractivity contribution in [1.82, 2.24) is 19.9 Å². The lowest BCUT2D eigenvalue weighted by Crippen LogP contribution is -2.21. The molecule has 6 rings (SSSR count). The highest BCUT2D eigenvalue weighted by Crippen LogP contribution is 2.48. The summed E-state index contributed by atoms with van der Waals surface area (Å²) >= 11 is 0. The number of Topliss-reactive ketones (excluding diaryl/α,β-unsaturated/α-hetero) is 1. The van der Waals surface area contributed by atoms with Crippen LogP contribution in [0.1, 0.15) is 206 Å². The summed E-state index contributed by atoms with van der Waals surface area (Å²) < 4.78 is 11.1. The molecule has 9 heteroatoms. The third-order valence-corrected chi connectivity index (χ3v) is 14.4. The number of carbonyl (C=O) groups is 3. The molecule has 0 saturated heterocycles. The van der Waals surface area contributed by atoms with Crippen LogP contribution in [0.25, 0.3) is 39.3 Å². The van der Waals surface area contributed by atoms with E-state index in [2.05, 4.69) is 91.0 Å². The van der Waals surface area contributed by atoms with E-state index in [1.54, 1.807) is 0 Å². The van der Waals surface area contributed by atoms with Crippen LogP contribution in [-0.2, 0) is 19.1 Å².